The van der Waals surface area contributed by atoms with Crippen molar-refractivity contribution in [1.82, 2.24) is 0 Å². The molecule has 6 rings (SSSR count). The predicted molar refractivity (Wildman–Crippen MR) is 161 cm³/mol. The molecule has 1 aliphatic heterocycles. The normalized spacial score (nSPS) is 17.9. The molecule has 0 saturated heterocycles. The SMILES string of the molecule is COC(=O)C1(C)Cc2c(C)c(C)c(B3Nc4cccc5cccc(c45)N3Cc3ccc(Br)cc3)c(C)c2C1. The lowest BCUT2D eigenvalue weighted by Crippen LogP contribution is -2.57. The summed E-state index contributed by atoms with van der Waals surface area (Å²) in [4.78, 5) is 15.3. The zero-order chi connectivity index (χ0) is 26.8. The van der Waals surface area contributed by atoms with Crippen molar-refractivity contribution in [3.05, 3.63) is 98.5 Å². The number of carbonyl (C=O) groups is 1. The highest BCUT2D eigenvalue weighted by molar-refractivity contribution is 9.10. The molecule has 0 spiro atoms. The lowest BCUT2D eigenvalue weighted by atomic mass is 9.59. The molecule has 1 heterocycles. The number of methoxy groups -OCH3 is 1. The van der Waals surface area contributed by atoms with Crippen LogP contribution in [-0.4, -0.2) is 20.1 Å². The van der Waals surface area contributed by atoms with Crippen molar-refractivity contribution >= 4 is 56.5 Å². The number of hydrogen-bond acceptors (Lipinski definition) is 4. The van der Waals surface area contributed by atoms with Gasteiger partial charge in [-0.2, -0.15) is 0 Å². The van der Waals surface area contributed by atoms with Gasteiger partial charge in [-0.3, -0.25) is 4.79 Å². The summed E-state index contributed by atoms with van der Waals surface area (Å²) in [7, 11) is 1.50. The van der Waals surface area contributed by atoms with E-state index < -0.39 is 5.41 Å². The van der Waals surface area contributed by atoms with E-state index in [0.717, 1.165) is 23.1 Å². The molecule has 4 aromatic rings. The van der Waals surface area contributed by atoms with Gasteiger partial charge in [0.25, 0.3) is 0 Å². The largest absolute Gasteiger partial charge is 0.469 e. The highest BCUT2D eigenvalue weighted by atomic mass is 79.9. The number of benzene rings is 4. The molecule has 0 aromatic heterocycles. The molecule has 2 aliphatic rings. The van der Waals surface area contributed by atoms with Gasteiger partial charge in [-0.15, -0.1) is 0 Å². The molecule has 0 bridgehead atoms. The van der Waals surface area contributed by atoms with Crippen LogP contribution in [0.15, 0.2) is 65.1 Å². The molecule has 1 N–H and O–H groups in total. The molecule has 4 aromatic carbocycles. The molecule has 1 unspecified atom stereocenters. The number of anilines is 2. The van der Waals surface area contributed by atoms with E-state index in [-0.39, 0.29) is 13.0 Å². The Morgan fingerprint density at radius 2 is 1.63 bits per heavy atom. The van der Waals surface area contributed by atoms with Gasteiger partial charge in [0.1, 0.15) is 0 Å². The Balaban J connectivity index is 1.53. The van der Waals surface area contributed by atoms with Gasteiger partial charge in [0.2, 0.25) is 0 Å². The number of nitrogens with zero attached hydrogens (tertiary/aromatic N) is 1. The molecule has 6 heteroatoms. The molecular weight excluding hydrogens is 535 g/mol. The van der Waals surface area contributed by atoms with Crippen molar-refractivity contribution in [3.63, 3.8) is 0 Å². The van der Waals surface area contributed by atoms with Crippen molar-refractivity contribution in [2.45, 2.75) is 47.1 Å². The van der Waals surface area contributed by atoms with E-state index >= 15 is 0 Å². The van der Waals surface area contributed by atoms with Gasteiger partial charge >= 0.3 is 13.0 Å². The summed E-state index contributed by atoms with van der Waals surface area (Å²) < 4.78 is 6.31. The number of esters is 1. The van der Waals surface area contributed by atoms with Crippen molar-refractivity contribution < 1.29 is 9.53 Å². The van der Waals surface area contributed by atoms with Crippen molar-refractivity contribution in [1.29, 1.82) is 0 Å². The van der Waals surface area contributed by atoms with Crippen molar-refractivity contribution in [2.24, 2.45) is 5.41 Å². The van der Waals surface area contributed by atoms with Gasteiger partial charge in [0.15, 0.2) is 0 Å². The number of halogens is 1. The molecule has 1 atom stereocenters. The smallest absolute Gasteiger partial charge is 0.409 e. The number of ether oxygens (including phenoxy) is 1. The Kier molecular flexibility index (Phi) is 6.06. The molecule has 0 radical (unpaired) electrons. The minimum Gasteiger partial charge on any atom is -0.469 e. The lowest BCUT2D eigenvalue weighted by Gasteiger charge is -2.39. The highest BCUT2D eigenvalue weighted by Gasteiger charge is 2.44. The van der Waals surface area contributed by atoms with E-state index in [1.54, 1.807) is 0 Å². The zero-order valence-electron chi connectivity index (χ0n) is 22.6. The second kappa shape index (κ2) is 9.20. The first-order valence-corrected chi connectivity index (χ1v) is 14.0. The number of hydrogen-bond donors (Lipinski definition) is 1. The first-order valence-electron chi connectivity index (χ1n) is 13.2. The number of fused-ring (bicyclic) bond motifs is 1. The van der Waals surface area contributed by atoms with Crippen LogP contribution in [-0.2, 0) is 28.9 Å². The number of carbonyl (C=O) groups excluding carboxylic acids is 1. The van der Waals surface area contributed by atoms with Crippen LogP contribution in [0.2, 0.25) is 0 Å². The maximum Gasteiger partial charge on any atom is 0.409 e. The molecule has 4 nitrogen and oxygen atoms in total. The van der Waals surface area contributed by atoms with Crippen LogP contribution in [0.1, 0.15) is 40.3 Å². The third kappa shape index (κ3) is 3.84. The summed E-state index contributed by atoms with van der Waals surface area (Å²) in [5.41, 5.74) is 10.9. The van der Waals surface area contributed by atoms with Gasteiger partial charge in [0, 0.05) is 27.8 Å². The van der Waals surface area contributed by atoms with E-state index in [0.29, 0.717) is 6.42 Å². The van der Waals surface area contributed by atoms with Crippen LogP contribution in [0.5, 0.6) is 0 Å². The maximum atomic E-state index is 12.8. The van der Waals surface area contributed by atoms with Gasteiger partial charge in [-0.1, -0.05) is 52.3 Å². The second-order valence-electron chi connectivity index (χ2n) is 11.1. The first-order chi connectivity index (χ1) is 18.2. The molecule has 0 fully saturated rings. The fourth-order valence-electron chi connectivity index (χ4n) is 6.68. The standard InChI is InChI=1S/C32H32BBrN2O2/c1-19-20(2)30(21(3)26-17-32(4,16-25(19)26)31(37)38-5)33-35-27-10-6-8-23-9-7-11-28(29(23)27)36(33)18-22-12-14-24(34)15-13-22/h6-15,35H,16-18H2,1-5H3. The minimum absolute atomic E-state index is 0.0480. The molecule has 192 valence electrons. The summed E-state index contributed by atoms with van der Waals surface area (Å²) in [6.07, 6.45) is 1.44. The first kappa shape index (κ1) is 25.1. The average molecular weight is 567 g/mol. The van der Waals surface area contributed by atoms with Gasteiger partial charge in [-0.05, 0) is 109 Å². The number of rotatable bonds is 4. The van der Waals surface area contributed by atoms with Gasteiger partial charge < -0.3 is 14.8 Å². The summed E-state index contributed by atoms with van der Waals surface area (Å²) in [6.45, 7) is 9.47. The summed E-state index contributed by atoms with van der Waals surface area (Å²) >= 11 is 3.59. The molecule has 1 aliphatic carbocycles. The van der Waals surface area contributed by atoms with Crippen LogP contribution in [0, 0.1) is 26.2 Å². The Morgan fingerprint density at radius 1 is 0.974 bits per heavy atom. The van der Waals surface area contributed by atoms with E-state index in [2.05, 4.69) is 107 Å². The summed E-state index contributed by atoms with van der Waals surface area (Å²) in [5, 5.41) is 6.43. The second-order valence-corrected chi connectivity index (χ2v) is 12.0. The topological polar surface area (TPSA) is 41.6 Å². The Labute approximate surface area is 233 Å². The quantitative estimate of drug-likeness (QED) is 0.222. The van der Waals surface area contributed by atoms with Gasteiger partial charge in [0.05, 0.1) is 12.5 Å². The van der Waals surface area contributed by atoms with Crippen molar-refractivity contribution in [3.8, 4) is 0 Å². The van der Waals surface area contributed by atoms with Crippen LogP contribution in [0.3, 0.4) is 0 Å². The summed E-state index contributed by atoms with van der Waals surface area (Å²) in [5.74, 6) is -0.125. The Bertz CT molecular complexity index is 1590. The van der Waals surface area contributed by atoms with Crippen molar-refractivity contribution in [2.75, 3.05) is 17.1 Å². The van der Waals surface area contributed by atoms with E-state index in [1.165, 1.54) is 62.4 Å². The summed E-state index contributed by atoms with van der Waals surface area (Å²) in [6, 6.07) is 21.7. The Hall–Kier alpha value is -3.25. The molecule has 0 saturated carbocycles. The van der Waals surface area contributed by atoms with Crippen LogP contribution < -0.4 is 15.5 Å². The molecule has 0 amide bonds. The molecular formula is C32H32BBrN2O2. The Morgan fingerprint density at radius 3 is 2.32 bits per heavy atom. The van der Waals surface area contributed by atoms with E-state index in [9.17, 15) is 4.79 Å². The third-order valence-corrected chi connectivity index (χ3v) is 9.32. The van der Waals surface area contributed by atoms with Crippen LogP contribution >= 0.6 is 15.9 Å². The minimum atomic E-state index is -0.521. The van der Waals surface area contributed by atoms with E-state index in [1.807, 2.05) is 6.92 Å². The number of nitrogens with one attached hydrogen (secondary N) is 1. The zero-order valence-corrected chi connectivity index (χ0v) is 24.2. The monoisotopic (exact) mass is 566 g/mol. The average Bonchev–Trinajstić information content (AvgIpc) is 3.29. The van der Waals surface area contributed by atoms with Crippen LogP contribution in [0.4, 0.5) is 11.4 Å². The predicted octanol–water partition coefficient (Wildman–Crippen LogP) is 6.63. The lowest BCUT2D eigenvalue weighted by molar-refractivity contribution is -0.151. The van der Waals surface area contributed by atoms with Gasteiger partial charge in [-0.25, -0.2) is 0 Å². The highest BCUT2D eigenvalue weighted by Crippen LogP contribution is 2.43. The van der Waals surface area contributed by atoms with E-state index in [4.69, 9.17) is 4.74 Å². The molecule has 38 heavy (non-hydrogen) atoms. The van der Waals surface area contributed by atoms with Crippen LogP contribution in [0.25, 0.3) is 10.8 Å². The fourth-order valence-corrected chi connectivity index (χ4v) is 6.95. The maximum absolute atomic E-state index is 12.8. The third-order valence-electron chi connectivity index (χ3n) is 8.79. The fraction of sp³-hybridized carbons (Fsp3) is 0.281.